The molecule has 0 aromatic carbocycles. The van der Waals surface area contributed by atoms with Gasteiger partial charge in [0.1, 0.15) is 6.10 Å². The van der Waals surface area contributed by atoms with Crippen LogP contribution in [0.4, 0.5) is 0 Å². The molecule has 3 heterocycles. The van der Waals surface area contributed by atoms with Crippen LogP contribution in [0.5, 0.6) is 0 Å². The molecule has 1 N–H and O–H groups in total. The third-order valence-electron chi connectivity index (χ3n) is 7.25. The molecule has 0 aromatic rings. The third-order valence-corrected chi connectivity index (χ3v) is 7.25. The summed E-state index contributed by atoms with van der Waals surface area (Å²) >= 11 is 0. The van der Waals surface area contributed by atoms with Gasteiger partial charge in [-0.15, -0.1) is 0 Å². The first-order valence-electron chi connectivity index (χ1n) is 13.6. The molecule has 5 heteroatoms. The van der Waals surface area contributed by atoms with Crippen LogP contribution in [0.2, 0.25) is 0 Å². The van der Waals surface area contributed by atoms with Gasteiger partial charge >= 0.3 is 5.97 Å². The number of rotatable bonds is 5. The van der Waals surface area contributed by atoms with E-state index in [1.807, 2.05) is 18.2 Å². The Morgan fingerprint density at radius 1 is 0.971 bits per heavy atom. The number of carbonyl (C=O) groups excluding carboxylic acids is 1. The molecule has 0 spiro atoms. The smallest absolute Gasteiger partial charge is 0.309 e. The Morgan fingerprint density at radius 2 is 1.71 bits per heavy atom. The number of aliphatic hydroxyl groups is 1. The number of cyclic esters (lactones) is 1. The molecule has 2 fully saturated rings. The van der Waals surface area contributed by atoms with Gasteiger partial charge in [-0.1, -0.05) is 64.0 Å². The van der Waals surface area contributed by atoms with Gasteiger partial charge in [0.15, 0.2) is 0 Å². The SMILES string of the molecule is CCCCC=C/C=C/[C@@H]1OC(=O)C[C@@H]2C[C@H](O)C[C@H](C[C@@H]3CCC[C@H](C[C@@H](C)/C=C/[C@@H]1C)O3)O2. The molecule has 4 bridgehead atoms. The zero-order valence-electron chi connectivity index (χ0n) is 21.4. The van der Waals surface area contributed by atoms with Gasteiger partial charge in [0.05, 0.1) is 36.9 Å². The number of hydrogen-bond acceptors (Lipinski definition) is 5. The van der Waals surface area contributed by atoms with Crippen molar-refractivity contribution < 1.29 is 24.1 Å². The van der Waals surface area contributed by atoms with Crippen molar-refractivity contribution >= 4 is 5.97 Å². The van der Waals surface area contributed by atoms with Crippen LogP contribution in [-0.2, 0) is 19.0 Å². The van der Waals surface area contributed by atoms with Gasteiger partial charge in [0.25, 0.3) is 0 Å². The Morgan fingerprint density at radius 3 is 2.50 bits per heavy atom. The Labute approximate surface area is 206 Å². The van der Waals surface area contributed by atoms with Crippen molar-refractivity contribution in [2.75, 3.05) is 0 Å². The molecule has 0 amide bonds. The summed E-state index contributed by atoms with van der Waals surface area (Å²) in [5.41, 5.74) is 0. The average Bonchev–Trinajstić information content (AvgIpc) is 2.78. The van der Waals surface area contributed by atoms with Crippen molar-refractivity contribution in [3.63, 3.8) is 0 Å². The van der Waals surface area contributed by atoms with Crippen molar-refractivity contribution in [3.05, 3.63) is 36.5 Å². The van der Waals surface area contributed by atoms with Gasteiger partial charge in [-0.25, -0.2) is 0 Å². The van der Waals surface area contributed by atoms with Crippen LogP contribution in [0.1, 0.15) is 91.4 Å². The monoisotopic (exact) mass is 474 g/mol. The fourth-order valence-electron chi connectivity index (χ4n) is 5.34. The van der Waals surface area contributed by atoms with Gasteiger partial charge in [0, 0.05) is 12.3 Å². The molecule has 5 nitrogen and oxygen atoms in total. The topological polar surface area (TPSA) is 65.0 Å². The Hall–Kier alpha value is -1.43. The van der Waals surface area contributed by atoms with Crippen molar-refractivity contribution in [1.82, 2.24) is 0 Å². The van der Waals surface area contributed by atoms with E-state index in [2.05, 4.69) is 39.0 Å². The van der Waals surface area contributed by atoms with Crippen LogP contribution in [-0.4, -0.2) is 47.7 Å². The van der Waals surface area contributed by atoms with Crippen molar-refractivity contribution in [2.24, 2.45) is 11.8 Å². The number of carbonyl (C=O) groups is 1. The standard InChI is InChI=1S/C29H46O5/c1-4-5-6-7-8-9-13-28-22(3)15-14-21(2)16-24-11-10-12-25(32-24)19-26-17-23(30)18-27(33-26)20-29(31)34-28/h7-9,13-15,21-28,30H,4-6,10-12,16-20H2,1-3H3/b8-7?,13-9+,15-14+/t21-,22-,23+,24+,25-,26+,27-,28-/m0/s1. The van der Waals surface area contributed by atoms with E-state index >= 15 is 0 Å². The number of fused-ring (bicyclic) bond motifs is 4. The maximum Gasteiger partial charge on any atom is 0.309 e. The highest BCUT2D eigenvalue weighted by Gasteiger charge is 2.34. The average molecular weight is 475 g/mol. The second-order valence-corrected chi connectivity index (χ2v) is 10.6. The highest BCUT2D eigenvalue weighted by atomic mass is 16.6. The van der Waals surface area contributed by atoms with Crippen molar-refractivity contribution in [2.45, 2.75) is 128 Å². The molecular formula is C29H46O5. The summed E-state index contributed by atoms with van der Waals surface area (Å²) in [5, 5.41) is 10.4. The molecular weight excluding hydrogens is 428 g/mol. The van der Waals surface area contributed by atoms with E-state index < -0.39 is 6.10 Å². The zero-order valence-corrected chi connectivity index (χ0v) is 21.4. The van der Waals surface area contributed by atoms with E-state index in [-0.39, 0.29) is 48.8 Å². The fraction of sp³-hybridized carbons (Fsp3) is 0.759. The highest BCUT2D eigenvalue weighted by Crippen LogP contribution is 2.31. The molecule has 3 aliphatic heterocycles. The lowest BCUT2D eigenvalue weighted by molar-refractivity contribution is -0.161. The number of ether oxygens (including phenoxy) is 3. The van der Waals surface area contributed by atoms with Crippen LogP contribution >= 0.6 is 0 Å². The quantitative estimate of drug-likeness (QED) is 0.227. The lowest BCUT2D eigenvalue weighted by Gasteiger charge is -2.37. The van der Waals surface area contributed by atoms with Gasteiger partial charge < -0.3 is 19.3 Å². The lowest BCUT2D eigenvalue weighted by atomic mass is 9.90. The molecule has 0 aromatic heterocycles. The Bertz CT molecular complexity index is 699. The summed E-state index contributed by atoms with van der Waals surface area (Å²) in [4.78, 5) is 12.9. The predicted molar refractivity (Wildman–Crippen MR) is 135 cm³/mol. The van der Waals surface area contributed by atoms with Crippen molar-refractivity contribution in [3.8, 4) is 0 Å². The summed E-state index contributed by atoms with van der Waals surface area (Å²) in [6, 6.07) is 0. The number of esters is 1. The molecule has 0 unspecified atom stereocenters. The molecule has 2 saturated heterocycles. The summed E-state index contributed by atoms with van der Waals surface area (Å²) < 4.78 is 18.6. The minimum Gasteiger partial charge on any atom is -0.457 e. The van der Waals surface area contributed by atoms with Crippen LogP contribution < -0.4 is 0 Å². The largest absolute Gasteiger partial charge is 0.457 e. The first kappa shape index (κ1) is 27.2. The van der Waals surface area contributed by atoms with E-state index in [0.29, 0.717) is 18.8 Å². The summed E-state index contributed by atoms with van der Waals surface area (Å²) in [6.07, 6.45) is 21.7. The second-order valence-electron chi connectivity index (χ2n) is 10.6. The maximum absolute atomic E-state index is 12.9. The molecule has 0 radical (unpaired) electrons. The third kappa shape index (κ3) is 9.31. The maximum atomic E-state index is 12.9. The minimum atomic E-state index is -0.444. The van der Waals surface area contributed by atoms with Crippen LogP contribution in [0.15, 0.2) is 36.5 Å². The Kier molecular flexibility index (Phi) is 11.4. The van der Waals surface area contributed by atoms with E-state index in [1.165, 1.54) is 19.3 Å². The molecule has 34 heavy (non-hydrogen) atoms. The van der Waals surface area contributed by atoms with E-state index in [1.54, 1.807) is 0 Å². The highest BCUT2D eigenvalue weighted by molar-refractivity contribution is 5.70. The molecule has 3 aliphatic rings. The first-order chi connectivity index (χ1) is 16.4. The number of unbranched alkanes of at least 4 members (excludes halogenated alkanes) is 2. The van der Waals surface area contributed by atoms with Gasteiger partial charge in [0.2, 0.25) is 0 Å². The summed E-state index contributed by atoms with van der Waals surface area (Å²) in [6.45, 7) is 6.52. The number of hydrogen-bond donors (Lipinski definition) is 1. The van der Waals surface area contributed by atoms with Gasteiger partial charge in [-0.2, -0.15) is 0 Å². The Balaban J connectivity index is 1.74. The summed E-state index contributed by atoms with van der Waals surface area (Å²) in [7, 11) is 0. The molecule has 8 atom stereocenters. The summed E-state index contributed by atoms with van der Waals surface area (Å²) in [5.74, 6) is 0.188. The van der Waals surface area contributed by atoms with Crippen LogP contribution in [0.3, 0.4) is 0 Å². The van der Waals surface area contributed by atoms with Gasteiger partial charge in [-0.05, 0) is 56.9 Å². The van der Waals surface area contributed by atoms with E-state index in [9.17, 15) is 9.90 Å². The number of aliphatic hydroxyl groups excluding tert-OH is 1. The zero-order chi connectivity index (χ0) is 24.3. The van der Waals surface area contributed by atoms with Crippen molar-refractivity contribution in [1.29, 1.82) is 0 Å². The molecule has 3 rings (SSSR count). The van der Waals surface area contributed by atoms with Crippen LogP contribution in [0, 0.1) is 11.8 Å². The molecule has 192 valence electrons. The van der Waals surface area contributed by atoms with Gasteiger partial charge in [-0.3, -0.25) is 4.79 Å². The minimum absolute atomic E-state index is 0.0604. The lowest BCUT2D eigenvalue weighted by Crippen LogP contribution is -2.40. The molecule has 0 saturated carbocycles. The van der Waals surface area contributed by atoms with Crippen LogP contribution in [0.25, 0.3) is 0 Å². The first-order valence-corrected chi connectivity index (χ1v) is 13.6. The molecule has 0 aliphatic carbocycles. The van der Waals surface area contributed by atoms with E-state index in [4.69, 9.17) is 14.2 Å². The number of allylic oxidation sites excluding steroid dienone is 4. The fourth-order valence-corrected chi connectivity index (χ4v) is 5.34. The second kappa shape index (κ2) is 14.2. The predicted octanol–water partition coefficient (Wildman–Crippen LogP) is 6.06. The normalized spacial score (nSPS) is 39.2. The van der Waals surface area contributed by atoms with E-state index in [0.717, 1.165) is 32.1 Å².